The van der Waals surface area contributed by atoms with Gasteiger partial charge in [-0.2, -0.15) is 0 Å². The first-order chi connectivity index (χ1) is 1.91. The fourth-order valence-corrected chi connectivity index (χ4v) is 0. The van der Waals surface area contributed by atoms with E-state index >= 15 is 0 Å². The van der Waals surface area contributed by atoms with Crippen LogP contribution < -0.4 is 0 Å². The van der Waals surface area contributed by atoms with Gasteiger partial charge in [-0.15, -0.1) is 0 Å². The fourth-order valence-electron chi connectivity index (χ4n) is 0. The standard InChI is InChI=1S/C2H4P2/c1-4-2-3/h2-3H,1H2/p+2. The first-order valence-electron chi connectivity index (χ1n) is 0.976. The SMILES string of the molecule is C=[PH+]C=[PH2+]. The summed E-state index contributed by atoms with van der Waals surface area (Å²) in [6, 6.07) is 0. The predicted molar refractivity (Wildman–Crippen MR) is 31.2 cm³/mol. The summed E-state index contributed by atoms with van der Waals surface area (Å²) in [6.45, 7) is 0. The molecule has 0 aromatic heterocycles. The Hall–Kier alpha value is 0.340. The van der Waals surface area contributed by atoms with Crippen LogP contribution in [0, 0.1) is 0 Å². The number of hydrogen-bond acceptors (Lipinski definition) is 0. The van der Waals surface area contributed by atoms with Crippen molar-refractivity contribution in [3.8, 4) is 0 Å². The van der Waals surface area contributed by atoms with Crippen LogP contribution in [-0.4, -0.2) is 11.8 Å². The van der Waals surface area contributed by atoms with E-state index in [0.717, 1.165) is 8.20 Å². The summed E-state index contributed by atoms with van der Waals surface area (Å²) in [5.41, 5.74) is 1.96. The van der Waals surface area contributed by atoms with Crippen LogP contribution in [0.2, 0.25) is 0 Å². The van der Waals surface area contributed by atoms with Crippen LogP contribution in [0.15, 0.2) is 0 Å². The summed E-state index contributed by atoms with van der Waals surface area (Å²) >= 11 is 0. The molecule has 2 atom stereocenters. The molecule has 0 bridgehead atoms. The van der Waals surface area contributed by atoms with Crippen LogP contribution in [0.4, 0.5) is 0 Å². The molecule has 0 aliphatic rings. The first-order valence-corrected chi connectivity index (χ1v) is 2.93. The lowest BCUT2D eigenvalue weighted by atomic mass is 11.9. The summed E-state index contributed by atoms with van der Waals surface area (Å²) in [7, 11) is 3.21. The maximum atomic E-state index is 3.56. The smallest absolute Gasteiger partial charge is 0.0785 e. The molecular formula is C2H6P2+2. The highest BCUT2D eigenvalue weighted by Crippen LogP contribution is 1.77. The van der Waals surface area contributed by atoms with Gasteiger partial charge in [0.1, 0.15) is 17.1 Å². The van der Waals surface area contributed by atoms with Gasteiger partial charge < -0.3 is 0 Å². The third-order valence-electron chi connectivity index (χ3n) is 0.118. The van der Waals surface area contributed by atoms with E-state index in [2.05, 4.69) is 15.2 Å². The maximum Gasteiger partial charge on any atom is 0.265 e. The molecule has 4 heavy (non-hydrogen) atoms. The Bertz CT molecular complexity index is 25.0. The van der Waals surface area contributed by atoms with Crippen LogP contribution >= 0.6 is 17.1 Å². The molecule has 0 N–H and O–H groups in total. The third-order valence-corrected chi connectivity index (χ3v) is 1.06. The Morgan fingerprint density at radius 3 is 2.25 bits per heavy atom. The molecule has 0 amide bonds. The van der Waals surface area contributed by atoms with Crippen molar-refractivity contribution in [1.29, 1.82) is 0 Å². The number of hydrogen-bond donors (Lipinski definition) is 0. The van der Waals surface area contributed by atoms with Crippen molar-refractivity contribution in [1.82, 2.24) is 0 Å². The van der Waals surface area contributed by atoms with Gasteiger partial charge in [0.15, 0.2) is 0 Å². The van der Waals surface area contributed by atoms with Gasteiger partial charge in [-0.05, 0) is 0 Å². The lowest BCUT2D eigenvalue weighted by molar-refractivity contribution is 4.30. The maximum absolute atomic E-state index is 3.56. The molecule has 0 aliphatic carbocycles. The van der Waals surface area contributed by atoms with Gasteiger partial charge in [0.05, 0.1) is 6.30 Å². The average Bonchev–Trinajstić information content (AvgIpc) is 1.37. The van der Waals surface area contributed by atoms with Crippen LogP contribution in [0.25, 0.3) is 0 Å². The van der Waals surface area contributed by atoms with Gasteiger partial charge in [0, 0.05) is 0 Å². The monoisotopic (exact) mass is 92.0 g/mol. The predicted octanol–water partition coefficient (Wildman–Crippen LogP) is 0.732. The highest BCUT2D eigenvalue weighted by atomic mass is 31.1. The molecule has 0 fully saturated rings. The second-order valence-electron chi connectivity index (χ2n) is 0.371. The van der Waals surface area contributed by atoms with Crippen molar-refractivity contribution in [2.45, 2.75) is 0 Å². The van der Waals surface area contributed by atoms with Gasteiger partial charge in [-0.3, -0.25) is 0 Å². The normalized spacial score (nSPS) is 7.00. The topological polar surface area (TPSA) is 0 Å². The molecule has 0 radical (unpaired) electrons. The van der Waals surface area contributed by atoms with E-state index in [4.69, 9.17) is 0 Å². The van der Waals surface area contributed by atoms with E-state index in [1.807, 2.05) is 5.54 Å². The van der Waals surface area contributed by atoms with Crippen molar-refractivity contribution in [3.63, 3.8) is 0 Å². The Morgan fingerprint density at radius 1 is 2.00 bits per heavy atom. The molecule has 0 rings (SSSR count). The van der Waals surface area contributed by atoms with E-state index in [-0.39, 0.29) is 0 Å². The second kappa shape index (κ2) is 3.34. The molecule has 0 spiro atoms. The van der Waals surface area contributed by atoms with Gasteiger partial charge in [0.25, 0.3) is 5.54 Å². The molecule has 0 aliphatic heterocycles. The summed E-state index contributed by atoms with van der Waals surface area (Å²) in [5, 5.41) is 0. The highest BCUT2D eigenvalue weighted by Gasteiger charge is 1.55. The van der Waals surface area contributed by atoms with Crippen molar-refractivity contribution < 1.29 is 0 Å². The summed E-state index contributed by atoms with van der Waals surface area (Å²) in [4.78, 5) is 0. The van der Waals surface area contributed by atoms with E-state index in [1.165, 1.54) is 0 Å². The molecule has 2 unspecified atom stereocenters. The zero-order valence-electron chi connectivity index (χ0n) is 2.36. The van der Waals surface area contributed by atoms with Crippen LogP contribution in [0.1, 0.15) is 0 Å². The van der Waals surface area contributed by atoms with E-state index in [1.54, 1.807) is 0 Å². The lowest BCUT2D eigenvalue weighted by Gasteiger charge is -1.19. The highest BCUT2D eigenvalue weighted by molar-refractivity contribution is 7.63. The molecular weight excluding hydrogens is 86.0 g/mol. The average molecular weight is 92.0 g/mol. The second-order valence-corrected chi connectivity index (χ2v) is 2.11. The Labute approximate surface area is 29.9 Å². The van der Waals surface area contributed by atoms with Crippen LogP contribution in [0.3, 0.4) is 0 Å². The van der Waals surface area contributed by atoms with E-state index < -0.39 is 0 Å². The quantitative estimate of drug-likeness (QED) is 0.418. The minimum absolute atomic E-state index is 0.728. The van der Waals surface area contributed by atoms with E-state index in [0.29, 0.717) is 0 Å². The minimum Gasteiger partial charge on any atom is 0.0785 e. The molecule has 22 valence electrons. The van der Waals surface area contributed by atoms with Gasteiger partial charge >= 0.3 is 0 Å². The minimum atomic E-state index is 0.728. The van der Waals surface area contributed by atoms with Crippen LogP contribution in [0.5, 0.6) is 0 Å². The molecule has 0 nitrogen and oxygen atoms in total. The van der Waals surface area contributed by atoms with Gasteiger partial charge in [0.2, 0.25) is 0 Å². The largest absolute Gasteiger partial charge is 0.265 e. The summed E-state index contributed by atoms with van der Waals surface area (Å²) in [6.07, 6.45) is 3.56. The fraction of sp³-hybridized carbons (Fsp3) is 0. The molecule has 2 heteroatoms. The molecule has 0 aromatic rings. The zero-order valence-corrected chi connectivity index (χ0v) is 4.52. The summed E-state index contributed by atoms with van der Waals surface area (Å²) in [5.74, 6) is 0. The zero-order chi connectivity index (χ0) is 3.41. The van der Waals surface area contributed by atoms with E-state index in [9.17, 15) is 0 Å². The lowest BCUT2D eigenvalue weighted by Crippen LogP contribution is -1.19. The molecule has 0 heterocycles. The van der Waals surface area contributed by atoms with Gasteiger partial charge in [-0.25, -0.2) is 0 Å². The van der Waals surface area contributed by atoms with Crippen LogP contribution in [-0.2, 0) is 0 Å². The van der Waals surface area contributed by atoms with Crippen molar-refractivity contribution in [2.24, 2.45) is 0 Å². The Balaban J connectivity index is 2.73. The van der Waals surface area contributed by atoms with Crippen molar-refractivity contribution in [3.05, 3.63) is 0 Å². The summed E-state index contributed by atoms with van der Waals surface area (Å²) < 4.78 is 0. The molecule has 0 saturated carbocycles. The third kappa shape index (κ3) is 2.34. The Morgan fingerprint density at radius 2 is 2.25 bits per heavy atom. The van der Waals surface area contributed by atoms with Crippen molar-refractivity contribution in [2.75, 3.05) is 0 Å². The first kappa shape index (κ1) is 4.34. The van der Waals surface area contributed by atoms with Crippen molar-refractivity contribution >= 4 is 28.9 Å². The van der Waals surface area contributed by atoms with Gasteiger partial charge in [-0.1, -0.05) is 0 Å². The molecule has 0 aromatic carbocycles. The molecule has 0 saturated heterocycles. The Kier molecular flexibility index (Phi) is 3.62. The number of rotatable bonds is 1.